The summed E-state index contributed by atoms with van der Waals surface area (Å²) in [5.41, 5.74) is 14.0. The maximum atomic E-state index is 6.83. The van der Waals surface area contributed by atoms with Crippen LogP contribution in [0.1, 0.15) is 335 Å². The minimum atomic E-state index is 0.609. The number of unbranched alkanes of at least 4 members (excludes halogenated alkanes) is 32. The van der Waals surface area contributed by atoms with Crippen LogP contribution in [0.2, 0.25) is 0 Å². The lowest BCUT2D eigenvalue weighted by Gasteiger charge is -2.15. The number of aromatic nitrogens is 4. The molecule has 2 aliphatic rings. The second-order valence-electron chi connectivity index (χ2n) is 31.4. The van der Waals surface area contributed by atoms with Crippen molar-refractivity contribution in [2.24, 2.45) is 0 Å². The Bertz CT molecular complexity index is 3440. The van der Waals surface area contributed by atoms with E-state index in [2.05, 4.69) is 187 Å². The van der Waals surface area contributed by atoms with E-state index < -0.39 is 0 Å². The third-order valence-electron chi connectivity index (χ3n) is 21.6. The lowest BCUT2D eigenvalue weighted by atomic mass is 10.0. The summed E-state index contributed by atoms with van der Waals surface area (Å²) in [6, 6.07) is 34.8. The molecule has 0 amide bonds. The van der Waals surface area contributed by atoms with Gasteiger partial charge in [-0.25, -0.2) is 9.97 Å². The molecule has 2 aliphatic heterocycles. The Balaban J connectivity index is 1.36. The number of benzene rings is 4. The molecule has 12 nitrogen and oxygen atoms in total. The van der Waals surface area contributed by atoms with Gasteiger partial charge in [-0.3, -0.25) is 0 Å². The molecule has 0 atom stereocenters. The first-order valence-electron chi connectivity index (χ1n) is 45.1. The Morgan fingerprint density at radius 1 is 0.196 bits per heavy atom. The quantitative estimate of drug-likeness (QED) is 0.0355. The molecule has 0 fully saturated rings. The summed E-state index contributed by atoms with van der Waals surface area (Å²) in [4.78, 5) is 20.0. The summed E-state index contributed by atoms with van der Waals surface area (Å²) < 4.78 is 54.7. The molecule has 0 aliphatic carbocycles. The van der Waals surface area contributed by atoms with E-state index in [1.165, 1.54) is 154 Å². The smallest absolute Gasteiger partial charge is 0.123 e. The maximum Gasteiger partial charge on any atom is 0.123 e. The van der Waals surface area contributed by atoms with Gasteiger partial charge in [0.15, 0.2) is 0 Å². The predicted octanol–water partition coefficient (Wildman–Crippen LogP) is 30.1. The van der Waals surface area contributed by atoms with Gasteiger partial charge in [-0.2, -0.15) is 0 Å². The number of ether oxygens (including phenoxy) is 8. The molecule has 112 heavy (non-hydrogen) atoms. The van der Waals surface area contributed by atoms with Crippen molar-refractivity contribution in [3.05, 3.63) is 120 Å². The minimum absolute atomic E-state index is 0.609. The molecule has 7 aromatic rings. The van der Waals surface area contributed by atoms with Crippen molar-refractivity contribution in [2.75, 3.05) is 52.9 Å². The number of hydrogen-bond acceptors (Lipinski definition) is 10. The van der Waals surface area contributed by atoms with Crippen LogP contribution < -0.4 is 37.9 Å². The zero-order chi connectivity index (χ0) is 78.4. The Morgan fingerprint density at radius 2 is 0.348 bits per heavy atom. The van der Waals surface area contributed by atoms with Gasteiger partial charge in [0.25, 0.3) is 0 Å². The zero-order valence-corrected chi connectivity index (χ0v) is 70.6. The minimum Gasteiger partial charge on any atom is -0.493 e. The monoisotopic (exact) mass is 1530 g/mol. The lowest BCUT2D eigenvalue weighted by Crippen LogP contribution is -2.01. The van der Waals surface area contributed by atoms with Gasteiger partial charge in [0.1, 0.15) is 46.0 Å². The Morgan fingerprint density at radius 3 is 0.500 bits per heavy atom. The summed E-state index contributed by atoms with van der Waals surface area (Å²) >= 11 is 0. The third kappa shape index (κ3) is 29.4. The highest BCUT2D eigenvalue weighted by Crippen LogP contribution is 2.44. The Hall–Kier alpha value is -8.12. The van der Waals surface area contributed by atoms with E-state index in [4.69, 9.17) is 47.9 Å². The van der Waals surface area contributed by atoms with Crippen LogP contribution >= 0.6 is 0 Å². The number of rotatable bonds is 60. The summed E-state index contributed by atoms with van der Waals surface area (Å²) in [6.07, 6.45) is 54.4. The van der Waals surface area contributed by atoms with Crippen LogP contribution in [-0.2, 0) is 0 Å². The number of fused-ring (bicyclic) bond motifs is 8. The van der Waals surface area contributed by atoms with Gasteiger partial charge in [-0.05, 0) is 171 Å². The molecule has 8 bridgehead atoms. The molecule has 0 saturated carbocycles. The van der Waals surface area contributed by atoms with E-state index in [9.17, 15) is 0 Å². The van der Waals surface area contributed by atoms with E-state index in [0.717, 1.165) is 238 Å². The van der Waals surface area contributed by atoms with E-state index in [1.807, 2.05) is 0 Å². The molecule has 12 heteroatoms. The third-order valence-corrected chi connectivity index (χ3v) is 21.6. The molecule has 0 radical (unpaired) electrons. The maximum absolute atomic E-state index is 6.83. The van der Waals surface area contributed by atoms with Crippen molar-refractivity contribution < 1.29 is 37.9 Å². The van der Waals surface area contributed by atoms with Gasteiger partial charge >= 0.3 is 0 Å². The van der Waals surface area contributed by atoms with E-state index in [-0.39, 0.29) is 0 Å². The van der Waals surface area contributed by atoms with Crippen LogP contribution in [0, 0.1) is 0 Å². The average molecular weight is 1530 g/mol. The fourth-order valence-corrected chi connectivity index (χ4v) is 15.1. The Kier molecular flexibility index (Phi) is 40.5. The number of aromatic amines is 2. The highest BCUT2D eigenvalue weighted by molar-refractivity contribution is 6.00. The number of nitrogens with zero attached hydrogens (tertiary/aromatic N) is 2. The van der Waals surface area contributed by atoms with Gasteiger partial charge in [0, 0.05) is 68.6 Å². The standard InChI is InChI=1S/C100H142N4O8/c1-9-17-25-33-41-57-105-81-65-77(66-82(73-81)106-58-42-34-26-18-10-2)97-89-49-51-91(101-89)98(78-67-83(107-59-43-35-27-19-11-3)74-84(68-78)108-60-44-36-28-20-12-4)93-53-55-95(103-93)100(80-71-87(111-63-47-39-31-23-15-7)76-88(72-80)112-64-48-40-32-24-16-8)96-56-54-94(104-96)99(92-52-50-90(97)102-92)79-69-85(109-61-45-37-29-21-13-5)75-86(70-79)110-62-46-38-30-22-14-6/h49-56,65-76,101,104H,9-48,57-64H2,1-8H3. The van der Waals surface area contributed by atoms with Crippen LogP contribution in [0.5, 0.6) is 46.0 Å². The highest BCUT2D eigenvalue weighted by Gasteiger charge is 2.23. The van der Waals surface area contributed by atoms with Crippen LogP contribution in [-0.4, -0.2) is 72.8 Å². The van der Waals surface area contributed by atoms with E-state index in [0.29, 0.717) is 52.9 Å². The average Bonchev–Trinajstić information content (AvgIpc) is 1.57. The molecular formula is C100H142N4O8. The molecule has 610 valence electrons. The first kappa shape index (κ1) is 87.8. The zero-order valence-electron chi connectivity index (χ0n) is 70.6. The molecule has 5 heterocycles. The molecule has 0 unspecified atom stereocenters. The second-order valence-corrected chi connectivity index (χ2v) is 31.4. The van der Waals surface area contributed by atoms with Crippen LogP contribution in [0.15, 0.2) is 97.1 Å². The highest BCUT2D eigenvalue weighted by atomic mass is 16.5. The van der Waals surface area contributed by atoms with Gasteiger partial charge in [-0.15, -0.1) is 0 Å². The van der Waals surface area contributed by atoms with Crippen molar-refractivity contribution in [1.82, 2.24) is 19.9 Å². The summed E-state index contributed by atoms with van der Waals surface area (Å²) in [6.45, 7) is 23.0. The van der Waals surface area contributed by atoms with Gasteiger partial charge < -0.3 is 47.9 Å². The van der Waals surface area contributed by atoms with Gasteiger partial charge in [0.05, 0.1) is 75.6 Å². The SMILES string of the molecule is CCCCCCCOc1cc(OCCCCCCC)cc(-c2c3nc(c(-c4cc(OCCCCCCC)cc(OCCCCCCC)c4)c4ccc([nH]4)c(-c4cc(OCCCCCCC)cc(OCCCCCCC)c4)c4nc(c(-c5cc(OCCCCCCC)cc(OCCCCCCC)c5)c5ccc2[nH]5)C=C4)C=C3)c1. The van der Waals surface area contributed by atoms with Crippen molar-refractivity contribution in [3.8, 4) is 90.5 Å². The molecule has 3 aromatic heterocycles. The summed E-state index contributed by atoms with van der Waals surface area (Å²) in [5, 5.41) is 0. The number of hydrogen-bond donors (Lipinski definition) is 2. The molecule has 0 spiro atoms. The normalized spacial score (nSPS) is 11.8. The van der Waals surface area contributed by atoms with Crippen molar-refractivity contribution >= 4 is 46.4 Å². The molecule has 2 N–H and O–H groups in total. The van der Waals surface area contributed by atoms with Crippen LogP contribution in [0.4, 0.5) is 0 Å². The van der Waals surface area contributed by atoms with Crippen LogP contribution in [0.3, 0.4) is 0 Å². The lowest BCUT2D eigenvalue weighted by molar-refractivity contribution is 0.290. The largest absolute Gasteiger partial charge is 0.493 e. The molecule has 9 rings (SSSR count). The first-order valence-corrected chi connectivity index (χ1v) is 45.1. The van der Waals surface area contributed by atoms with Crippen molar-refractivity contribution in [3.63, 3.8) is 0 Å². The molecule has 4 aromatic carbocycles. The summed E-state index contributed by atoms with van der Waals surface area (Å²) in [7, 11) is 0. The molecular weight excluding hydrogens is 1390 g/mol. The number of H-pyrrole nitrogens is 2. The Labute approximate surface area is 675 Å². The predicted molar refractivity (Wildman–Crippen MR) is 475 cm³/mol. The van der Waals surface area contributed by atoms with Crippen molar-refractivity contribution in [1.29, 1.82) is 0 Å². The van der Waals surface area contributed by atoms with Crippen LogP contribution in [0.25, 0.3) is 90.9 Å². The molecule has 0 saturated heterocycles. The van der Waals surface area contributed by atoms with Crippen molar-refractivity contribution in [2.45, 2.75) is 312 Å². The van der Waals surface area contributed by atoms with E-state index >= 15 is 0 Å². The fraction of sp³-hybridized carbons (Fsp3) is 0.560. The second kappa shape index (κ2) is 51.6. The van der Waals surface area contributed by atoms with Gasteiger partial charge in [-0.1, -0.05) is 261 Å². The van der Waals surface area contributed by atoms with E-state index in [1.54, 1.807) is 0 Å². The summed E-state index contributed by atoms with van der Waals surface area (Å²) in [5.74, 6) is 6.16. The number of nitrogens with one attached hydrogen (secondary N) is 2. The fourth-order valence-electron chi connectivity index (χ4n) is 15.1. The first-order chi connectivity index (χ1) is 55.3. The topological polar surface area (TPSA) is 131 Å². The van der Waals surface area contributed by atoms with Gasteiger partial charge in [0.2, 0.25) is 0 Å².